The zero-order chi connectivity index (χ0) is 33.7. The summed E-state index contributed by atoms with van der Waals surface area (Å²) in [5, 5.41) is 4.48. The van der Waals surface area contributed by atoms with Crippen LogP contribution in [0.5, 0.6) is 0 Å². The second kappa shape index (κ2) is 11.9. The summed E-state index contributed by atoms with van der Waals surface area (Å²) >= 11 is 0. The zero-order valence-electron chi connectivity index (χ0n) is 27.5. The van der Waals surface area contributed by atoms with E-state index in [1.165, 1.54) is 16.3 Å². The largest absolute Gasteiger partial charge is 0.454 e. The molecule has 2 aromatic heterocycles. The van der Waals surface area contributed by atoms with E-state index in [2.05, 4.69) is 144 Å². The monoisotopic (exact) mass is 654 g/mol. The standard InChI is InChI=1S/C47H30N2O2/c1-3-11-31(12-4-1)36-17-9-18-39(28-36)49(38-25-23-33(24-26-38)37-22-21-32-13-7-8-16-35(32)27-37)43-20-10-19-40-41-29-42-45(30-44(41)50-46(40)43)51-47(48-42)34-14-5-2-6-15-34/h1-30H. The summed E-state index contributed by atoms with van der Waals surface area (Å²) in [5.41, 5.74) is 11.6. The first-order valence-corrected chi connectivity index (χ1v) is 17.1. The Labute approximate surface area is 294 Å². The summed E-state index contributed by atoms with van der Waals surface area (Å²) in [7, 11) is 0. The zero-order valence-corrected chi connectivity index (χ0v) is 27.5. The van der Waals surface area contributed by atoms with Crippen LogP contribution >= 0.6 is 0 Å². The average Bonchev–Trinajstić information content (AvgIpc) is 3.79. The number of rotatable bonds is 6. The van der Waals surface area contributed by atoms with Gasteiger partial charge >= 0.3 is 0 Å². The SMILES string of the molecule is c1ccc(-c2cccc(N(c3ccc(-c4ccc5ccccc5c4)cc3)c3cccc4c3oc3cc5oc(-c6ccccc6)nc5cc34)c2)cc1. The molecule has 10 aromatic rings. The van der Waals surface area contributed by atoms with Crippen LogP contribution in [0.15, 0.2) is 191 Å². The van der Waals surface area contributed by atoms with Crippen molar-refractivity contribution in [3.8, 4) is 33.7 Å². The highest BCUT2D eigenvalue weighted by atomic mass is 16.4. The van der Waals surface area contributed by atoms with Crippen molar-refractivity contribution in [3.63, 3.8) is 0 Å². The Morgan fingerprint density at radius 2 is 1.06 bits per heavy atom. The number of hydrogen-bond acceptors (Lipinski definition) is 4. The molecule has 0 aliphatic rings. The molecule has 0 unspecified atom stereocenters. The highest BCUT2D eigenvalue weighted by Gasteiger charge is 2.21. The average molecular weight is 655 g/mol. The second-order valence-electron chi connectivity index (χ2n) is 12.8. The van der Waals surface area contributed by atoms with E-state index in [9.17, 15) is 0 Å². The number of furan rings is 1. The van der Waals surface area contributed by atoms with Crippen LogP contribution in [0, 0.1) is 0 Å². The number of para-hydroxylation sites is 1. The molecule has 0 radical (unpaired) electrons. The Balaban J connectivity index is 1.12. The number of fused-ring (bicyclic) bond motifs is 5. The minimum atomic E-state index is 0.597. The van der Waals surface area contributed by atoms with Gasteiger partial charge in [-0.15, -0.1) is 0 Å². The van der Waals surface area contributed by atoms with E-state index in [1.54, 1.807) is 0 Å². The van der Waals surface area contributed by atoms with Crippen molar-refractivity contribution in [1.29, 1.82) is 0 Å². The maximum absolute atomic E-state index is 6.75. The Morgan fingerprint density at radius 3 is 1.88 bits per heavy atom. The van der Waals surface area contributed by atoms with Gasteiger partial charge in [-0.3, -0.25) is 0 Å². The molecule has 0 spiro atoms. The van der Waals surface area contributed by atoms with Crippen molar-refractivity contribution in [2.24, 2.45) is 0 Å². The second-order valence-corrected chi connectivity index (χ2v) is 12.8. The third-order valence-electron chi connectivity index (χ3n) is 9.67. The summed E-state index contributed by atoms with van der Waals surface area (Å²) < 4.78 is 13.0. The number of anilines is 3. The number of oxazole rings is 1. The lowest BCUT2D eigenvalue weighted by Crippen LogP contribution is -2.10. The van der Waals surface area contributed by atoms with E-state index in [0.29, 0.717) is 11.5 Å². The molecular weight excluding hydrogens is 625 g/mol. The first-order chi connectivity index (χ1) is 25.2. The highest BCUT2D eigenvalue weighted by Crippen LogP contribution is 2.44. The van der Waals surface area contributed by atoms with E-state index in [-0.39, 0.29) is 0 Å². The van der Waals surface area contributed by atoms with Crippen molar-refractivity contribution in [1.82, 2.24) is 4.98 Å². The maximum Gasteiger partial charge on any atom is 0.227 e. The molecular formula is C47H30N2O2. The molecule has 4 nitrogen and oxygen atoms in total. The first-order valence-electron chi connectivity index (χ1n) is 17.1. The summed E-state index contributed by atoms with van der Waals surface area (Å²) in [6, 6.07) is 63.5. The fourth-order valence-electron chi connectivity index (χ4n) is 7.14. The predicted octanol–water partition coefficient (Wildman–Crippen LogP) is 13.4. The van der Waals surface area contributed by atoms with Crippen LogP contribution in [0.25, 0.3) is 77.5 Å². The van der Waals surface area contributed by atoms with Gasteiger partial charge in [0.1, 0.15) is 11.1 Å². The fourth-order valence-corrected chi connectivity index (χ4v) is 7.14. The smallest absolute Gasteiger partial charge is 0.227 e. The third-order valence-corrected chi connectivity index (χ3v) is 9.67. The van der Waals surface area contributed by atoms with Gasteiger partial charge in [0.2, 0.25) is 5.89 Å². The third kappa shape index (κ3) is 5.13. The van der Waals surface area contributed by atoms with Gasteiger partial charge in [0.15, 0.2) is 11.2 Å². The molecule has 0 saturated heterocycles. The van der Waals surface area contributed by atoms with Gasteiger partial charge in [-0.1, -0.05) is 121 Å². The number of nitrogens with zero attached hydrogens (tertiary/aromatic N) is 2. The molecule has 51 heavy (non-hydrogen) atoms. The molecule has 0 aliphatic carbocycles. The van der Waals surface area contributed by atoms with Crippen LogP contribution in [0.4, 0.5) is 17.1 Å². The summed E-state index contributed by atoms with van der Waals surface area (Å²) in [6.45, 7) is 0. The molecule has 0 amide bonds. The number of aromatic nitrogens is 1. The Morgan fingerprint density at radius 1 is 0.392 bits per heavy atom. The molecule has 0 bridgehead atoms. The van der Waals surface area contributed by atoms with E-state index >= 15 is 0 Å². The number of hydrogen-bond donors (Lipinski definition) is 0. The van der Waals surface area contributed by atoms with Gasteiger partial charge in [-0.25, -0.2) is 4.98 Å². The van der Waals surface area contributed by atoms with Gasteiger partial charge in [-0.05, 0) is 87.6 Å². The van der Waals surface area contributed by atoms with Gasteiger partial charge in [0.25, 0.3) is 0 Å². The molecule has 240 valence electrons. The van der Waals surface area contributed by atoms with Crippen molar-refractivity contribution in [3.05, 3.63) is 182 Å². The molecule has 0 N–H and O–H groups in total. The minimum absolute atomic E-state index is 0.597. The quantitative estimate of drug-likeness (QED) is 0.179. The predicted molar refractivity (Wildman–Crippen MR) is 210 cm³/mol. The Kier molecular flexibility index (Phi) is 6.78. The van der Waals surface area contributed by atoms with E-state index in [4.69, 9.17) is 13.8 Å². The molecule has 0 atom stereocenters. The minimum Gasteiger partial charge on any atom is -0.454 e. The lowest BCUT2D eigenvalue weighted by atomic mass is 10.0. The summed E-state index contributed by atoms with van der Waals surface area (Å²) in [6.07, 6.45) is 0. The normalized spacial score (nSPS) is 11.5. The lowest BCUT2D eigenvalue weighted by molar-refractivity contribution is 0.617. The lowest BCUT2D eigenvalue weighted by Gasteiger charge is -2.26. The summed E-state index contributed by atoms with van der Waals surface area (Å²) in [4.78, 5) is 7.13. The molecule has 0 saturated carbocycles. The summed E-state index contributed by atoms with van der Waals surface area (Å²) in [5.74, 6) is 0.597. The Hall–Kier alpha value is -6.91. The molecule has 8 aromatic carbocycles. The van der Waals surface area contributed by atoms with Crippen LogP contribution in [-0.4, -0.2) is 4.98 Å². The Bertz CT molecular complexity index is 2850. The molecule has 4 heteroatoms. The molecule has 0 fully saturated rings. The van der Waals surface area contributed by atoms with Gasteiger partial charge in [0, 0.05) is 33.8 Å². The van der Waals surface area contributed by atoms with Gasteiger partial charge in [-0.2, -0.15) is 0 Å². The maximum atomic E-state index is 6.75. The van der Waals surface area contributed by atoms with Crippen molar-refractivity contribution in [2.45, 2.75) is 0 Å². The van der Waals surface area contributed by atoms with Crippen LogP contribution in [0.3, 0.4) is 0 Å². The van der Waals surface area contributed by atoms with Crippen molar-refractivity contribution < 1.29 is 8.83 Å². The van der Waals surface area contributed by atoms with Gasteiger partial charge in [0.05, 0.1) is 5.69 Å². The van der Waals surface area contributed by atoms with E-state index < -0.39 is 0 Å². The van der Waals surface area contributed by atoms with Gasteiger partial charge < -0.3 is 13.7 Å². The highest BCUT2D eigenvalue weighted by molar-refractivity contribution is 6.13. The van der Waals surface area contributed by atoms with E-state index in [0.717, 1.165) is 66.8 Å². The molecule has 0 aliphatic heterocycles. The molecule has 2 heterocycles. The van der Waals surface area contributed by atoms with Crippen LogP contribution < -0.4 is 4.90 Å². The fraction of sp³-hybridized carbons (Fsp3) is 0. The first kappa shape index (κ1) is 29.0. The van der Waals surface area contributed by atoms with Crippen LogP contribution in [-0.2, 0) is 0 Å². The van der Waals surface area contributed by atoms with E-state index in [1.807, 2.05) is 42.5 Å². The topological polar surface area (TPSA) is 42.4 Å². The number of benzene rings is 8. The van der Waals surface area contributed by atoms with Crippen molar-refractivity contribution in [2.75, 3.05) is 4.90 Å². The van der Waals surface area contributed by atoms with Crippen LogP contribution in [0.2, 0.25) is 0 Å². The molecule has 10 rings (SSSR count). The van der Waals surface area contributed by atoms with Crippen LogP contribution in [0.1, 0.15) is 0 Å². The van der Waals surface area contributed by atoms with Crippen molar-refractivity contribution >= 4 is 60.9 Å².